The van der Waals surface area contributed by atoms with E-state index in [0.29, 0.717) is 11.5 Å². The van der Waals surface area contributed by atoms with Crippen LogP contribution in [0, 0.1) is 12.8 Å². The van der Waals surface area contributed by atoms with Gasteiger partial charge in [0.1, 0.15) is 5.82 Å². The molecule has 0 fully saturated rings. The van der Waals surface area contributed by atoms with Gasteiger partial charge in [0, 0.05) is 22.6 Å². The zero-order valence-electron chi connectivity index (χ0n) is 20.9. The Morgan fingerprint density at radius 3 is 2.27 bits per heavy atom. The molecule has 4 aromatic rings. The number of aryl methyl sites for hydroxylation is 1. The van der Waals surface area contributed by atoms with Crippen LogP contribution in [-0.4, -0.2) is 41.5 Å². The Labute approximate surface area is 226 Å². The second kappa shape index (κ2) is 11.4. The van der Waals surface area contributed by atoms with Crippen molar-refractivity contribution in [3.63, 3.8) is 0 Å². The Bertz CT molecular complexity index is 1470. The molecule has 0 atom stereocenters. The summed E-state index contributed by atoms with van der Waals surface area (Å²) < 4.78 is 30.4. The van der Waals surface area contributed by atoms with Crippen LogP contribution in [0.3, 0.4) is 0 Å². The average molecular weight is 582 g/mol. The van der Waals surface area contributed by atoms with Gasteiger partial charge in [-0.3, -0.25) is 4.79 Å². The second-order valence-corrected chi connectivity index (χ2v) is 12.1. The molecule has 0 spiro atoms. The number of nitrogens with zero attached hydrogens (tertiary/aromatic N) is 3. The molecule has 1 amide bonds. The average Bonchev–Trinajstić information content (AvgIpc) is 3.28. The van der Waals surface area contributed by atoms with E-state index in [1.165, 1.54) is 16.4 Å². The van der Waals surface area contributed by atoms with Crippen LogP contribution in [0.1, 0.15) is 19.4 Å². The first-order valence-electron chi connectivity index (χ1n) is 11.9. The monoisotopic (exact) mass is 580 g/mol. The van der Waals surface area contributed by atoms with Gasteiger partial charge in [-0.1, -0.05) is 77.8 Å². The highest BCUT2D eigenvalue weighted by atomic mass is 79.9. The lowest BCUT2D eigenvalue weighted by atomic mass is 10.1. The predicted molar refractivity (Wildman–Crippen MR) is 150 cm³/mol. The van der Waals surface area contributed by atoms with Gasteiger partial charge < -0.3 is 5.32 Å². The Morgan fingerprint density at radius 1 is 1.00 bits per heavy atom. The van der Waals surface area contributed by atoms with E-state index in [0.717, 1.165) is 21.3 Å². The lowest BCUT2D eigenvalue weighted by Gasteiger charge is -2.23. The van der Waals surface area contributed by atoms with E-state index in [1.54, 1.807) is 22.9 Å². The van der Waals surface area contributed by atoms with E-state index < -0.39 is 15.9 Å². The summed E-state index contributed by atoms with van der Waals surface area (Å²) in [6, 6.07) is 25.7. The molecule has 0 saturated heterocycles. The summed E-state index contributed by atoms with van der Waals surface area (Å²) >= 11 is 3.33. The van der Waals surface area contributed by atoms with Gasteiger partial charge in [-0.05, 0) is 49.2 Å². The fourth-order valence-electron chi connectivity index (χ4n) is 3.86. The smallest absolute Gasteiger partial charge is 0.243 e. The standard InChI is InChI=1S/C28H29BrN4O3S/c1-20(2)18-32(37(35,36)25-15-11-23(29)12-16-25)19-28(34)30-27-17-26(22-7-5-4-6-8-22)31-33(27)24-13-9-21(3)10-14-24/h4-17,20H,18-19H2,1-3H3,(H,30,34). The van der Waals surface area contributed by atoms with Crippen molar-refractivity contribution in [2.75, 3.05) is 18.4 Å². The lowest BCUT2D eigenvalue weighted by Crippen LogP contribution is -2.40. The first-order chi connectivity index (χ1) is 17.6. The van der Waals surface area contributed by atoms with Crippen LogP contribution in [0.25, 0.3) is 16.9 Å². The maximum atomic E-state index is 13.4. The SMILES string of the molecule is Cc1ccc(-n2nc(-c3ccccc3)cc2NC(=O)CN(CC(C)C)S(=O)(=O)c2ccc(Br)cc2)cc1. The molecule has 9 heteroatoms. The molecule has 1 aromatic heterocycles. The van der Waals surface area contributed by atoms with Crippen molar-refractivity contribution in [2.45, 2.75) is 25.7 Å². The Hall–Kier alpha value is -3.27. The van der Waals surface area contributed by atoms with Crippen molar-refractivity contribution in [2.24, 2.45) is 5.92 Å². The first-order valence-corrected chi connectivity index (χ1v) is 14.1. The van der Waals surface area contributed by atoms with E-state index in [4.69, 9.17) is 5.10 Å². The number of hydrogen-bond acceptors (Lipinski definition) is 4. The van der Waals surface area contributed by atoms with Crippen LogP contribution in [0.15, 0.2) is 94.3 Å². The summed E-state index contributed by atoms with van der Waals surface area (Å²) in [5.41, 5.74) is 3.48. The van der Waals surface area contributed by atoms with Crippen molar-refractivity contribution < 1.29 is 13.2 Å². The molecule has 7 nitrogen and oxygen atoms in total. The molecule has 3 aromatic carbocycles. The largest absolute Gasteiger partial charge is 0.309 e. The van der Waals surface area contributed by atoms with E-state index in [2.05, 4.69) is 21.2 Å². The molecule has 0 radical (unpaired) electrons. The van der Waals surface area contributed by atoms with E-state index in [1.807, 2.05) is 75.4 Å². The van der Waals surface area contributed by atoms with Gasteiger partial charge in [0.25, 0.3) is 0 Å². The molecule has 0 saturated carbocycles. The number of anilines is 1. The number of benzene rings is 3. The van der Waals surface area contributed by atoms with Crippen LogP contribution < -0.4 is 5.32 Å². The van der Waals surface area contributed by atoms with Gasteiger partial charge in [-0.15, -0.1) is 0 Å². The number of hydrogen-bond donors (Lipinski definition) is 1. The molecule has 0 aliphatic rings. The quantitative estimate of drug-likeness (QED) is 0.267. The van der Waals surface area contributed by atoms with Gasteiger partial charge in [0.05, 0.1) is 22.8 Å². The van der Waals surface area contributed by atoms with E-state index in [9.17, 15) is 13.2 Å². The number of halogens is 1. The molecular formula is C28H29BrN4O3S. The molecule has 4 rings (SSSR count). The van der Waals surface area contributed by atoms with Crippen LogP contribution in [0.5, 0.6) is 0 Å². The number of nitrogens with one attached hydrogen (secondary N) is 1. The third-order valence-corrected chi connectivity index (χ3v) is 8.02. The summed E-state index contributed by atoms with van der Waals surface area (Å²) in [5.74, 6) is 0.0354. The van der Waals surface area contributed by atoms with Gasteiger partial charge in [-0.2, -0.15) is 9.40 Å². The highest BCUT2D eigenvalue weighted by molar-refractivity contribution is 9.10. The second-order valence-electron chi connectivity index (χ2n) is 9.22. The van der Waals surface area contributed by atoms with E-state index in [-0.39, 0.29) is 23.9 Å². The molecule has 192 valence electrons. The van der Waals surface area contributed by atoms with Crippen molar-refractivity contribution in [1.29, 1.82) is 0 Å². The normalized spacial score (nSPS) is 11.7. The van der Waals surface area contributed by atoms with Gasteiger partial charge in [0.15, 0.2) is 0 Å². The summed E-state index contributed by atoms with van der Waals surface area (Å²) in [4.78, 5) is 13.4. The Morgan fingerprint density at radius 2 is 1.65 bits per heavy atom. The fraction of sp³-hybridized carbons (Fsp3) is 0.214. The van der Waals surface area contributed by atoms with Crippen LogP contribution in [0.4, 0.5) is 5.82 Å². The Balaban J connectivity index is 1.64. The third kappa shape index (κ3) is 6.54. The van der Waals surface area contributed by atoms with Crippen molar-refractivity contribution in [1.82, 2.24) is 14.1 Å². The Kier molecular flexibility index (Phi) is 8.26. The molecule has 0 bridgehead atoms. The first kappa shape index (κ1) is 26.8. The molecule has 0 aliphatic heterocycles. The van der Waals surface area contributed by atoms with Crippen LogP contribution >= 0.6 is 15.9 Å². The van der Waals surface area contributed by atoms with Crippen LogP contribution in [-0.2, 0) is 14.8 Å². The van der Waals surface area contributed by atoms with E-state index >= 15 is 0 Å². The zero-order chi connectivity index (χ0) is 26.6. The van der Waals surface area contributed by atoms with Crippen molar-refractivity contribution in [3.8, 4) is 16.9 Å². The summed E-state index contributed by atoms with van der Waals surface area (Å²) in [5, 5.41) is 7.63. The maximum Gasteiger partial charge on any atom is 0.243 e. The number of rotatable bonds is 9. The highest BCUT2D eigenvalue weighted by Gasteiger charge is 2.28. The van der Waals surface area contributed by atoms with Gasteiger partial charge in [-0.25, -0.2) is 13.1 Å². The number of amides is 1. The lowest BCUT2D eigenvalue weighted by molar-refractivity contribution is -0.116. The predicted octanol–water partition coefficient (Wildman–Crippen LogP) is 5.90. The summed E-state index contributed by atoms with van der Waals surface area (Å²) in [7, 11) is -3.88. The van der Waals surface area contributed by atoms with Gasteiger partial charge in [0.2, 0.25) is 15.9 Å². The van der Waals surface area contributed by atoms with Crippen LogP contribution in [0.2, 0.25) is 0 Å². The fourth-order valence-corrected chi connectivity index (χ4v) is 5.68. The minimum atomic E-state index is -3.88. The van der Waals surface area contributed by atoms with Gasteiger partial charge >= 0.3 is 0 Å². The molecule has 0 aliphatic carbocycles. The molecule has 37 heavy (non-hydrogen) atoms. The minimum absolute atomic E-state index is 0.0285. The highest BCUT2D eigenvalue weighted by Crippen LogP contribution is 2.26. The maximum absolute atomic E-state index is 13.4. The third-order valence-electron chi connectivity index (χ3n) is 5.67. The molecule has 1 N–H and O–H groups in total. The molecular weight excluding hydrogens is 552 g/mol. The van der Waals surface area contributed by atoms with Crippen molar-refractivity contribution in [3.05, 3.63) is 95.0 Å². The molecule has 0 unspecified atom stereocenters. The topological polar surface area (TPSA) is 84.3 Å². The number of carbonyl (C=O) groups is 1. The van der Waals surface area contributed by atoms with Crippen molar-refractivity contribution >= 4 is 37.7 Å². The summed E-state index contributed by atoms with van der Waals surface area (Å²) in [6.07, 6.45) is 0. The number of carbonyl (C=O) groups excluding carboxylic acids is 1. The zero-order valence-corrected chi connectivity index (χ0v) is 23.3. The molecule has 1 heterocycles. The number of aromatic nitrogens is 2. The minimum Gasteiger partial charge on any atom is -0.309 e. The summed E-state index contributed by atoms with van der Waals surface area (Å²) in [6.45, 7) is 5.72. The number of sulfonamides is 1.